The van der Waals surface area contributed by atoms with Gasteiger partial charge in [0.25, 0.3) is 0 Å². The van der Waals surface area contributed by atoms with E-state index in [4.69, 9.17) is 11.6 Å². The molecule has 0 amide bonds. The first-order valence-corrected chi connectivity index (χ1v) is 5.08. The topological polar surface area (TPSA) is 0 Å². The minimum Gasteiger partial charge on any atom is -0.238 e. The number of benzene rings is 1. The van der Waals surface area contributed by atoms with Gasteiger partial charge in [0.05, 0.1) is 0 Å². The zero-order valence-corrected chi connectivity index (χ0v) is 8.99. The van der Waals surface area contributed by atoms with Crippen molar-refractivity contribution in [1.29, 1.82) is 0 Å². The summed E-state index contributed by atoms with van der Waals surface area (Å²) in [5.74, 6) is 0. The van der Waals surface area contributed by atoms with Crippen LogP contribution in [-0.4, -0.2) is 5.33 Å². The first-order chi connectivity index (χ1) is 5.58. The summed E-state index contributed by atoms with van der Waals surface area (Å²) in [6, 6.07) is 6.96. The number of halogens is 3. The number of rotatable bonds is 2. The molecule has 0 saturated carbocycles. The van der Waals surface area contributed by atoms with Crippen LogP contribution in [0.5, 0.6) is 0 Å². The highest BCUT2D eigenvalue weighted by atomic mass is 79.9. The van der Waals surface area contributed by atoms with Crippen LogP contribution < -0.4 is 0 Å². The average Bonchev–Trinajstić information content (AvgIpc) is 2.05. The van der Waals surface area contributed by atoms with Crippen LogP contribution >= 0.6 is 27.5 Å². The van der Waals surface area contributed by atoms with E-state index in [1.54, 1.807) is 24.3 Å². The monoisotopic (exact) mass is 250 g/mol. The van der Waals surface area contributed by atoms with E-state index in [1.165, 1.54) is 6.92 Å². The Kier molecular flexibility index (Phi) is 3.13. The molecule has 0 aromatic heterocycles. The highest BCUT2D eigenvalue weighted by Gasteiger charge is 2.26. The van der Waals surface area contributed by atoms with Crippen LogP contribution in [-0.2, 0) is 5.67 Å². The van der Waals surface area contributed by atoms with Gasteiger partial charge >= 0.3 is 0 Å². The van der Waals surface area contributed by atoms with E-state index in [0.717, 1.165) is 0 Å². The maximum absolute atomic E-state index is 13.7. The van der Waals surface area contributed by atoms with Gasteiger partial charge in [0, 0.05) is 15.9 Å². The molecule has 66 valence electrons. The number of hydrogen-bond acceptors (Lipinski definition) is 0. The summed E-state index contributed by atoms with van der Waals surface area (Å²) in [5.41, 5.74) is -0.859. The lowest BCUT2D eigenvalue weighted by Crippen LogP contribution is -2.17. The Hall–Kier alpha value is -0.0800. The largest absolute Gasteiger partial charge is 0.238 e. The highest BCUT2D eigenvalue weighted by Crippen LogP contribution is 2.32. The highest BCUT2D eigenvalue weighted by molar-refractivity contribution is 9.09. The van der Waals surface area contributed by atoms with E-state index < -0.39 is 5.67 Å². The van der Waals surface area contributed by atoms with Crippen molar-refractivity contribution in [2.24, 2.45) is 0 Å². The lowest BCUT2D eigenvalue weighted by atomic mass is 10.0. The molecule has 0 aliphatic rings. The van der Waals surface area contributed by atoms with Gasteiger partial charge in [-0.25, -0.2) is 4.39 Å². The molecule has 1 rings (SSSR count). The van der Waals surface area contributed by atoms with Gasteiger partial charge in [-0.3, -0.25) is 0 Å². The van der Waals surface area contributed by atoms with Gasteiger partial charge in [0.2, 0.25) is 0 Å². The molecule has 1 atom stereocenters. The van der Waals surface area contributed by atoms with Gasteiger partial charge in [-0.05, 0) is 13.0 Å². The van der Waals surface area contributed by atoms with Gasteiger partial charge in [-0.1, -0.05) is 45.7 Å². The van der Waals surface area contributed by atoms with Crippen LogP contribution in [0, 0.1) is 0 Å². The molecule has 3 heteroatoms. The molecule has 0 aliphatic heterocycles. The SMILES string of the molecule is C[C@](F)(CBr)c1ccccc1Cl. The van der Waals surface area contributed by atoms with Gasteiger partial charge in [0.1, 0.15) is 5.67 Å². The number of hydrogen-bond donors (Lipinski definition) is 0. The van der Waals surface area contributed by atoms with Gasteiger partial charge in [-0.15, -0.1) is 0 Å². The molecule has 0 bridgehead atoms. The average molecular weight is 252 g/mol. The zero-order chi connectivity index (χ0) is 9.19. The van der Waals surface area contributed by atoms with Crippen molar-refractivity contribution in [1.82, 2.24) is 0 Å². The van der Waals surface area contributed by atoms with Crippen LogP contribution in [0.3, 0.4) is 0 Å². The maximum Gasteiger partial charge on any atom is 0.144 e. The lowest BCUT2D eigenvalue weighted by molar-refractivity contribution is 0.230. The van der Waals surface area contributed by atoms with Crippen LogP contribution in [0.2, 0.25) is 5.02 Å². The second-order valence-electron chi connectivity index (χ2n) is 2.81. The second kappa shape index (κ2) is 3.75. The molecule has 0 nitrogen and oxygen atoms in total. The Labute approximate surface area is 84.9 Å². The van der Waals surface area contributed by atoms with Gasteiger partial charge in [-0.2, -0.15) is 0 Å². The zero-order valence-electron chi connectivity index (χ0n) is 6.65. The van der Waals surface area contributed by atoms with Crippen LogP contribution in [0.1, 0.15) is 12.5 Å². The fraction of sp³-hybridized carbons (Fsp3) is 0.333. The van der Waals surface area contributed by atoms with Crippen molar-refractivity contribution in [3.05, 3.63) is 34.9 Å². The molecular formula is C9H9BrClF. The predicted octanol–water partition coefficient (Wildman–Crippen LogP) is 3.92. The molecule has 1 aromatic carbocycles. The second-order valence-corrected chi connectivity index (χ2v) is 3.78. The van der Waals surface area contributed by atoms with E-state index in [2.05, 4.69) is 15.9 Å². The molecule has 0 heterocycles. The van der Waals surface area contributed by atoms with Crippen LogP contribution in [0.4, 0.5) is 4.39 Å². The summed E-state index contributed by atoms with van der Waals surface area (Å²) in [7, 11) is 0. The molecule has 12 heavy (non-hydrogen) atoms. The molecule has 0 fully saturated rings. The summed E-state index contributed by atoms with van der Waals surface area (Å²) in [6.07, 6.45) is 0. The Balaban J connectivity index is 3.10. The third-order valence-electron chi connectivity index (χ3n) is 1.69. The minimum atomic E-state index is -1.39. The van der Waals surface area contributed by atoms with Gasteiger partial charge < -0.3 is 0 Å². The Morgan fingerprint density at radius 1 is 1.50 bits per heavy atom. The molecular weight excluding hydrogens is 242 g/mol. The standard InChI is InChI=1S/C9H9BrClF/c1-9(12,6-10)7-4-2-3-5-8(7)11/h2-5H,6H2,1H3/t9-/m0/s1. The van der Waals surface area contributed by atoms with E-state index >= 15 is 0 Å². The molecule has 0 radical (unpaired) electrons. The van der Waals surface area contributed by atoms with Crippen molar-refractivity contribution in [2.45, 2.75) is 12.6 Å². The third kappa shape index (κ3) is 1.99. The van der Waals surface area contributed by atoms with Crippen molar-refractivity contribution in [3.63, 3.8) is 0 Å². The summed E-state index contributed by atoms with van der Waals surface area (Å²) < 4.78 is 13.7. The molecule has 0 saturated heterocycles. The first kappa shape index (κ1) is 10.0. The molecule has 0 unspecified atom stereocenters. The minimum absolute atomic E-state index is 0.254. The summed E-state index contributed by atoms with van der Waals surface area (Å²) in [6.45, 7) is 1.50. The lowest BCUT2D eigenvalue weighted by Gasteiger charge is -2.18. The van der Waals surface area contributed by atoms with Gasteiger partial charge in [0.15, 0.2) is 0 Å². The van der Waals surface area contributed by atoms with Crippen molar-refractivity contribution < 1.29 is 4.39 Å². The summed E-state index contributed by atoms with van der Waals surface area (Å²) >= 11 is 8.93. The third-order valence-corrected chi connectivity index (χ3v) is 3.07. The summed E-state index contributed by atoms with van der Waals surface area (Å²) in [4.78, 5) is 0. The number of alkyl halides is 2. The fourth-order valence-corrected chi connectivity index (χ4v) is 1.59. The summed E-state index contributed by atoms with van der Waals surface area (Å²) in [5, 5.41) is 0.728. The van der Waals surface area contributed by atoms with Crippen LogP contribution in [0.15, 0.2) is 24.3 Å². The predicted molar refractivity (Wildman–Crippen MR) is 53.7 cm³/mol. The smallest absolute Gasteiger partial charge is 0.144 e. The van der Waals surface area contributed by atoms with E-state index in [0.29, 0.717) is 10.6 Å². The van der Waals surface area contributed by atoms with E-state index in [1.807, 2.05) is 0 Å². The molecule has 0 N–H and O–H groups in total. The van der Waals surface area contributed by atoms with E-state index in [9.17, 15) is 4.39 Å². The Morgan fingerprint density at radius 2 is 2.08 bits per heavy atom. The Bertz CT molecular complexity index is 273. The van der Waals surface area contributed by atoms with Crippen molar-refractivity contribution in [2.75, 3.05) is 5.33 Å². The molecule has 1 aromatic rings. The normalized spacial score (nSPS) is 15.7. The molecule has 0 spiro atoms. The van der Waals surface area contributed by atoms with Crippen LogP contribution in [0.25, 0.3) is 0 Å². The van der Waals surface area contributed by atoms with Crippen molar-refractivity contribution in [3.8, 4) is 0 Å². The van der Waals surface area contributed by atoms with Crippen molar-refractivity contribution >= 4 is 27.5 Å². The van der Waals surface area contributed by atoms with E-state index in [-0.39, 0.29) is 5.33 Å². The fourth-order valence-electron chi connectivity index (χ4n) is 0.956. The quantitative estimate of drug-likeness (QED) is 0.699. The maximum atomic E-state index is 13.7. The Morgan fingerprint density at radius 3 is 2.58 bits per heavy atom. The molecule has 0 aliphatic carbocycles. The first-order valence-electron chi connectivity index (χ1n) is 3.58.